The summed E-state index contributed by atoms with van der Waals surface area (Å²) >= 11 is 0. The summed E-state index contributed by atoms with van der Waals surface area (Å²) in [5.41, 5.74) is 3.81. The number of rotatable bonds is 5. The van der Waals surface area contributed by atoms with Crippen molar-refractivity contribution < 1.29 is 14.3 Å². The third kappa shape index (κ3) is 6.09. The number of carbonyl (C=O) groups excluding carboxylic acids is 2. The van der Waals surface area contributed by atoms with Crippen molar-refractivity contribution >= 4 is 17.6 Å². The Hall–Kier alpha value is -2.82. The lowest BCUT2D eigenvalue weighted by Gasteiger charge is -2.33. The van der Waals surface area contributed by atoms with E-state index >= 15 is 0 Å². The van der Waals surface area contributed by atoms with Crippen molar-refractivity contribution in [2.24, 2.45) is 0 Å². The first-order valence-corrected chi connectivity index (χ1v) is 10.6. The van der Waals surface area contributed by atoms with Crippen LogP contribution in [0.5, 0.6) is 0 Å². The average molecular weight is 409 g/mol. The normalized spacial score (nSPS) is 15.0. The van der Waals surface area contributed by atoms with Gasteiger partial charge in [0.05, 0.1) is 0 Å². The lowest BCUT2D eigenvalue weighted by atomic mass is 9.89. The van der Waals surface area contributed by atoms with E-state index in [1.807, 2.05) is 49.9 Å². The second kappa shape index (κ2) is 9.33. The Morgan fingerprint density at radius 1 is 1.00 bits per heavy atom. The molecule has 0 unspecified atom stereocenters. The van der Waals surface area contributed by atoms with E-state index in [1.54, 1.807) is 6.92 Å². The van der Waals surface area contributed by atoms with E-state index in [0.29, 0.717) is 12.5 Å². The SMILES string of the molecule is CC(=O)c1ccc(CNc2ccc(C3CCN(C(=O)OC(C)(C)C)CC3)cc2)cc1. The smallest absolute Gasteiger partial charge is 0.410 e. The third-order valence-electron chi connectivity index (χ3n) is 5.39. The van der Waals surface area contributed by atoms with Crippen LogP contribution >= 0.6 is 0 Å². The fourth-order valence-corrected chi connectivity index (χ4v) is 3.66. The molecule has 1 heterocycles. The highest BCUT2D eigenvalue weighted by Crippen LogP contribution is 2.29. The van der Waals surface area contributed by atoms with Gasteiger partial charge in [-0.15, -0.1) is 0 Å². The zero-order valence-electron chi connectivity index (χ0n) is 18.4. The van der Waals surface area contributed by atoms with E-state index in [2.05, 4.69) is 29.6 Å². The first-order valence-electron chi connectivity index (χ1n) is 10.6. The number of hydrogen-bond acceptors (Lipinski definition) is 4. The molecule has 1 amide bonds. The van der Waals surface area contributed by atoms with Gasteiger partial charge < -0.3 is 15.0 Å². The van der Waals surface area contributed by atoms with Gasteiger partial charge in [0.1, 0.15) is 5.60 Å². The Morgan fingerprint density at radius 3 is 2.13 bits per heavy atom. The monoisotopic (exact) mass is 408 g/mol. The molecular formula is C25H32N2O3. The molecule has 1 N–H and O–H groups in total. The summed E-state index contributed by atoms with van der Waals surface area (Å²) in [6, 6.07) is 16.3. The van der Waals surface area contributed by atoms with Gasteiger partial charge in [-0.3, -0.25) is 4.79 Å². The number of nitrogens with zero attached hydrogens (tertiary/aromatic N) is 1. The minimum Gasteiger partial charge on any atom is -0.444 e. The summed E-state index contributed by atoms with van der Waals surface area (Å²) in [4.78, 5) is 25.4. The maximum Gasteiger partial charge on any atom is 0.410 e. The van der Waals surface area contributed by atoms with Crippen molar-refractivity contribution in [3.8, 4) is 0 Å². The maximum absolute atomic E-state index is 12.2. The number of amides is 1. The van der Waals surface area contributed by atoms with Crippen molar-refractivity contribution in [2.75, 3.05) is 18.4 Å². The number of likely N-dealkylation sites (tertiary alicyclic amines) is 1. The Kier molecular flexibility index (Phi) is 6.80. The molecule has 0 bridgehead atoms. The number of Topliss-reactive ketones (excluding diaryl/α,β-unsaturated/α-hetero) is 1. The Bertz CT molecular complexity index is 859. The summed E-state index contributed by atoms with van der Waals surface area (Å²) < 4.78 is 5.48. The van der Waals surface area contributed by atoms with E-state index in [1.165, 1.54) is 5.56 Å². The third-order valence-corrected chi connectivity index (χ3v) is 5.39. The van der Waals surface area contributed by atoms with Crippen LogP contribution < -0.4 is 5.32 Å². The van der Waals surface area contributed by atoms with Gasteiger partial charge in [0, 0.05) is 30.9 Å². The second-order valence-corrected chi connectivity index (χ2v) is 8.97. The Labute approximate surface area is 179 Å². The quantitative estimate of drug-likeness (QED) is 0.653. The molecule has 0 radical (unpaired) electrons. The number of hydrogen-bond donors (Lipinski definition) is 1. The van der Waals surface area contributed by atoms with Crippen LogP contribution in [0.1, 0.15) is 67.9 Å². The number of ether oxygens (including phenoxy) is 1. The highest BCUT2D eigenvalue weighted by Gasteiger charge is 2.27. The van der Waals surface area contributed by atoms with Crippen LogP contribution in [0.25, 0.3) is 0 Å². The van der Waals surface area contributed by atoms with Crippen molar-refractivity contribution in [2.45, 2.75) is 58.6 Å². The van der Waals surface area contributed by atoms with Gasteiger partial charge in [-0.05, 0) is 69.7 Å². The fraction of sp³-hybridized carbons (Fsp3) is 0.440. The molecule has 1 aliphatic rings. The predicted octanol–water partition coefficient (Wildman–Crippen LogP) is 5.62. The lowest BCUT2D eigenvalue weighted by molar-refractivity contribution is 0.0204. The molecule has 0 aliphatic carbocycles. The molecule has 30 heavy (non-hydrogen) atoms. The molecule has 1 aliphatic heterocycles. The van der Waals surface area contributed by atoms with Gasteiger partial charge in [-0.2, -0.15) is 0 Å². The molecular weight excluding hydrogens is 376 g/mol. The minimum absolute atomic E-state index is 0.0852. The van der Waals surface area contributed by atoms with Gasteiger partial charge in [0.15, 0.2) is 5.78 Å². The average Bonchev–Trinajstić information content (AvgIpc) is 2.72. The molecule has 3 rings (SSSR count). The predicted molar refractivity (Wildman–Crippen MR) is 120 cm³/mol. The molecule has 2 aromatic carbocycles. The van der Waals surface area contributed by atoms with E-state index in [-0.39, 0.29) is 11.9 Å². The molecule has 0 atom stereocenters. The minimum atomic E-state index is -0.452. The first kappa shape index (κ1) is 21.9. The zero-order valence-corrected chi connectivity index (χ0v) is 18.4. The summed E-state index contributed by atoms with van der Waals surface area (Å²) in [6.45, 7) is 9.45. The molecule has 0 saturated carbocycles. The standard InChI is InChI=1S/C25H32N2O3/c1-18(28)20-7-5-19(6-8-20)17-26-23-11-9-21(10-12-23)22-13-15-27(16-14-22)24(29)30-25(2,3)4/h5-12,22,26H,13-17H2,1-4H3. The number of benzene rings is 2. The van der Waals surface area contributed by atoms with Crippen molar-refractivity contribution in [1.29, 1.82) is 0 Å². The summed E-state index contributed by atoms with van der Waals surface area (Å²) in [5.74, 6) is 0.555. The second-order valence-electron chi connectivity index (χ2n) is 8.97. The number of ketones is 1. The molecule has 1 fully saturated rings. The topological polar surface area (TPSA) is 58.6 Å². The molecule has 2 aromatic rings. The number of anilines is 1. The fourth-order valence-electron chi connectivity index (χ4n) is 3.66. The van der Waals surface area contributed by atoms with Gasteiger partial charge in [-0.1, -0.05) is 36.4 Å². The van der Waals surface area contributed by atoms with E-state index in [4.69, 9.17) is 4.74 Å². The van der Waals surface area contributed by atoms with Crippen molar-refractivity contribution in [3.63, 3.8) is 0 Å². The van der Waals surface area contributed by atoms with Gasteiger partial charge in [0.2, 0.25) is 0 Å². The van der Waals surface area contributed by atoms with Gasteiger partial charge in [0.25, 0.3) is 0 Å². The van der Waals surface area contributed by atoms with Crippen LogP contribution in [0.3, 0.4) is 0 Å². The first-order chi connectivity index (χ1) is 14.2. The van der Waals surface area contributed by atoms with Crippen LogP contribution in [-0.2, 0) is 11.3 Å². The van der Waals surface area contributed by atoms with Gasteiger partial charge in [-0.25, -0.2) is 4.79 Å². The van der Waals surface area contributed by atoms with E-state index < -0.39 is 5.60 Å². The highest BCUT2D eigenvalue weighted by atomic mass is 16.6. The Balaban J connectivity index is 1.49. The number of piperidine rings is 1. The van der Waals surface area contributed by atoms with Crippen LogP contribution in [0.4, 0.5) is 10.5 Å². The van der Waals surface area contributed by atoms with E-state index in [0.717, 1.165) is 42.7 Å². The van der Waals surface area contributed by atoms with Crippen LogP contribution in [0, 0.1) is 0 Å². The van der Waals surface area contributed by atoms with Gasteiger partial charge >= 0.3 is 6.09 Å². The Morgan fingerprint density at radius 2 is 1.60 bits per heavy atom. The van der Waals surface area contributed by atoms with Crippen LogP contribution in [0.15, 0.2) is 48.5 Å². The van der Waals surface area contributed by atoms with Crippen LogP contribution in [0.2, 0.25) is 0 Å². The maximum atomic E-state index is 12.2. The largest absolute Gasteiger partial charge is 0.444 e. The summed E-state index contributed by atoms with van der Waals surface area (Å²) in [5, 5.41) is 3.43. The highest BCUT2D eigenvalue weighted by molar-refractivity contribution is 5.94. The number of carbonyl (C=O) groups is 2. The summed E-state index contributed by atoms with van der Waals surface area (Å²) in [6.07, 6.45) is 1.69. The number of nitrogens with one attached hydrogen (secondary N) is 1. The zero-order chi connectivity index (χ0) is 21.7. The molecule has 5 heteroatoms. The van der Waals surface area contributed by atoms with Crippen molar-refractivity contribution in [3.05, 3.63) is 65.2 Å². The molecule has 5 nitrogen and oxygen atoms in total. The molecule has 1 saturated heterocycles. The molecule has 160 valence electrons. The van der Waals surface area contributed by atoms with Crippen LogP contribution in [-0.4, -0.2) is 35.5 Å². The molecule has 0 aromatic heterocycles. The molecule has 0 spiro atoms. The summed E-state index contributed by atoms with van der Waals surface area (Å²) in [7, 11) is 0. The van der Waals surface area contributed by atoms with E-state index in [9.17, 15) is 9.59 Å². The lowest BCUT2D eigenvalue weighted by Crippen LogP contribution is -2.41. The van der Waals surface area contributed by atoms with Crippen molar-refractivity contribution in [1.82, 2.24) is 4.90 Å².